The van der Waals surface area contributed by atoms with E-state index in [4.69, 9.17) is 0 Å². The largest absolute Gasteiger partial charge is 0.309 e. The van der Waals surface area contributed by atoms with Crippen LogP contribution in [0.3, 0.4) is 0 Å². The molecule has 126 heavy (non-hydrogen) atoms. The Morgan fingerprint density at radius 2 is 0.349 bits per heavy atom. The molecule has 0 radical (unpaired) electrons. The fourth-order valence-corrected chi connectivity index (χ4v) is 22.6. The molecule has 0 spiro atoms. The summed E-state index contributed by atoms with van der Waals surface area (Å²) < 4.78 is 15.0. The van der Waals surface area contributed by atoms with Gasteiger partial charge < -0.3 is 27.4 Å². The van der Waals surface area contributed by atoms with Gasteiger partial charge in [-0.05, 0) is 217 Å². The summed E-state index contributed by atoms with van der Waals surface area (Å²) in [6, 6.07) is 164. The van der Waals surface area contributed by atoms with Crippen molar-refractivity contribution in [2.75, 3.05) is 0 Å². The van der Waals surface area contributed by atoms with E-state index >= 15 is 0 Å². The zero-order chi connectivity index (χ0) is 82.1. The second-order valence-electron chi connectivity index (χ2n) is 34.0. The standard InChI is InChI=1S/C120H72N6/c1-4-31-81-78(28-1)79-29-3-6-34-84(79)99-70-75(60-64-97(99)118-95(81)44-25-55-114(118)125-109-53-23-15-41-91(109)101-71-76(61-66-112(101)125)121-103-47-17-9-35-85(103)86-36-10-18-48-104(86)121)122-106-50-20-14-40-90(106)100-68-73(59-65-111(100)122)74-58-63-93-89-39-11-19-49-105(89)123(117(93)69-74)77-62-67-113-102(72-77)92-42-16-24-54-110(92)126(113)116-56-26-45-96-83-32-5-2-30-80(83)82-33-7-8-43-94(82)119-98(120(96)116)46-27-57-115(119)124-107-51-21-12-37-87(107)88-38-13-22-52-108(88)124/h1-72H. The van der Waals surface area contributed by atoms with E-state index in [1.54, 1.807) is 0 Å². The molecular weight excluding hydrogens is 1530 g/mol. The Morgan fingerprint density at radius 3 is 0.770 bits per heavy atom. The lowest BCUT2D eigenvalue weighted by molar-refractivity contribution is 1.16. The first kappa shape index (κ1) is 68.9. The molecule has 0 saturated carbocycles. The van der Waals surface area contributed by atoms with Crippen molar-refractivity contribution in [3.8, 4) is 134 Å². The Kier molecular flexibility index (Phi) is 14.4. The van der Waals surface area contributed by atoms with Crippen molar-refractivity contribution in [2.24, 2.45) is 0 Å². The lowest BCUT2D eigenvalue weighted by Gasteiger charge is -2.27. The molecule has 28 rings (SSSR count). The van der Waals surface area contributed by atoms with Gasteiger partial charge in [-0.2, -0.15) is 0 Å². The highest BCUT2D eigenvalue weighted by Gasteiger charge is 2.32. The topological polar surface area (TPSA) is 29.6 Å². The Hall–Kier alpha value is -16.8. The van der Waals surface area contributed by atoms with Crippen LogP contribution >= 0.6 is 0 Å². The second-order valence-corrected chi connectivity index (χ2v) is 34.0. The lowest BCUT2D eigenvalue weighted by atomic mass is 9.79. The van der Waals surface area contributed by atoms with Gasteiger partial charge in [0.15, 0.2) is 0 Å². The van der Waals surface area contributed by atoms with Crippen LogP contribution in [0.5, 0.6) is 0 Å². The van der Waals surface area contributed by atoms with Gasteiger partial charge in [-0.3, -0.25) is 0 Å². The zero-order valence-corrected chi connectivity index (χ0v) is 68.3. The molecule has 6 nitrogen and oxygen atoms in total. The Labute approximate surface area is 724 Å². The number of fused-ring (bicyclic) bond motifs is 34. The third-order valence-corrected chi connectivity index (χ3v) is 27.7. The number of hydrogen-bond acceptors (Lipinski definition) is 0. The number of rotatable bonds is 7. The predicted molar refractivity (Wildman–Crippen MR) is 529 cm³/mol. The first-order valence-electron chi connectivity index (χ1n) is 43.6. The van der Waals surface area contributed by atoms with E-state index in [1.807, 2.05) is 0 Å². The van der Waals surface area contributed by atoms with Gasteiger partial charge in [0.2, 0.25) is 0 Å². The molecule has 0 atom stereocenters. The molecule has 2 aliphatic carbocycles. The normalized spacial score (nSPS) is 12.3. The van der Waals surface area contributed by atoms with E-state index in [-0.39, 0.29) is 0 Å². The third-order valence-electron chi connectivity index (χ3n) is 27.7. The number of para-hydroxylation sites is 8. The zero-order valence-electron chi connectivity index (χ0n) is 68.3. The molecule has 20 aromatic carbocycles. The first-order valence-corrected chi connectivity index (χ1v) is 43.6. The van der Waals surface area contributed by atoms with Gasteiger partial charge in [-0.1, -0.05) is 303 Å². The van der Waals surface area contributed by atoms with Gasteiger partial charge in [0.1, 0.15) is 0 Å². The van der Waals surface area contributed by atoms with Gasteiger partial charge in [0, 0.05) is 98.4 Å². The SMILES string of the molecule is c1ccc2c(c1)-c1ccccc1-c1cccc(-n3c4ccccc4c4cc(-n5c6ccccc6c6ccccc65)ccc43)c1-c1ccc(-n3c4ccccc4c4cc(-c5ccc6c7ccccc7n(-c7ccc8c(c7)c7ccccc7n8-c7cccc8c7-c7cccc(-n9c%10ccccc%10c%10ccccc%109)c7-c7ccccc7-c7ccccc7-8)c6c5)ccc43)cc1-2. The maximum atomic E-state index is 2.55. The minimum Gasteiger partial charge on any atom is -0.309 e. The van der Waals surface area contributed by atoms with E-state index in [9.17, 15) is 0 Å². The van der Waals surface area contributed by atoms with E-state index < -0.39 is 0 Å². The van der Waals surface area contributed by atoms with Crippen molar-refractivity contribution in [2.45, 2.75) is 0 Å². The number of nitrogens with zero attached hydrogens (tertiary/aromatic N) is 6. The highest BCUT2D eigenvalue weighted by Crippen LogP contribution is 2.56. The van der Waals surface area contributed by atoms with Crippen LogP contribution in [0.4, 0.5) is 0 Å². The molecule has 0 saturated heterocycles. The van der Waals surface area contributed by atoms with Crippen LogP contribution in [0.15, 0.2) is 437 Å². The quantitative estimate of drug-likeness (QED) is 0.152. The molecule has 0 unspecified atom stereocenters. The van der Waals surface area contributed by atoms with E-state index in [0.29, 0.717) is 0 Å². The highest BCUT2D eigenvalue weighted by atomic mass is 15.0. The van der Waals surface area contributed by atoms with Gasteiger partial charge in [-0.15, -0.1) is 0 Å². The van der Waals surface area contributed by atoms with Crippen LogP contribution in [-0.2, 0) is 0 Å². The molecule has 0 N–H and O–H groups in total. The summed E-state index contributed by atoms with van der Waals surface area (Å²) >= 11 is 0. The van der Waals surface area contributed by atoms with Crippen LogP contribution in [-0.4, -0.2) is 27.4 Å². The summed E-state index contributed by atoms with van der Waals surface area (Å²) in [7, 11) is 0. The van der Waals surface area contributed by atoms with Crippen molar-refractivity contribution < 1.29 is 0 Å². The van der Waals surface area contributed by atoms with Crippen molar-refractivity contribution in [3.63, 3.8) is 0 Å². The summed E-state index contributed by atoms with van der Waals surface area (Å²) in [6.07, 6.45) is 0. The summed E-state index contributed by atoms with van der Waals surface area (Å²) in [6.45, 7) is 0. The number of benzene rings is 20. The minimum atomic E-state index is 1.09. The maximum absolute atomic E-state index is 2.55. The average molecular weight is 1600 g/mol. The van der Waals surface area contributed by atoms with Crippen LogP contribution in [0.25, 0.3) is 265 Å². The van der Waals surface area contributed by atoms with Gasteiger partial charge in [0.05, 0.1) is 83.3 Å². The Morgan fingerprint density at radius 1 is 0.111 bits per heavy atom. The number of aromatic nitrogens is 6. The summed E-state index contributed by atoms with van der Waals surface area (Å²) in [5.74, 6) is 0. The molecule has 6 heteroatoms. The fraction of sp³-hybridized carbons (Fsp3) is 0. The molecule has 0 amide bonds. The van der Waals surface area contributed by atoms with Crippen molar-refractivity contribution in [1.82, 2.24) is 27.4 Å². The smallest absolute Gasteiger partial charge is 0.0547 e. The average Bonchev–Trinajstić information content (AvgIpc) is 1.58. The molecule has 582 valence electrons. The molecule has 6 aromatic heterocycles. The fourth-order valence-electron chi connectivity index (χ4n) is 22.6. The van der Waals surface area contributed by atoms with Crippen molar-refractivity contribution in [3.05, 3.63) is 437 Å². The molecule has 6 heterocycles. The molecule has 26 aromatic rings. The molecular formula is C120H72N6. The van der Waals surface area contributed by atoms with Crippen LogP contribution in [0.1, 0.15) is 0 Å². The van der Waals surface area contributed by atoms with E-state index in [1.165, 1.54) is 176 Å². The van der Waals surface area contributed by atoms with Crippen molar-refractivity contribution in [1.29, 1.82) is 0 Å². The lowest BCUT2D eigenvalue weighted by Crippen LogP contribution is -2.05. The second kappa shape index (κ2) is 26.4. The third kappa shape index (κ3) is 9.64. The Bertz CT molecular complexity index is 9150. The van der Waals surface area contributed by atoms with Gasteiger partial charge in [0.25, 0.3) is 0 Å². The summed E-state index contributed by atoms with van der Waals surface area (Å²) in [4.78, 5) is 0. The number of hydrogen-bond donors (Lipinski definition) is 0. The first-order chi connectivity index (χ1) is 62.6. The van der Waals surface area contributed by atoms with Crippen LogP contribution < -0.4 is 0 Å². The van der Waals surface area contributed by atoms with Crippen LogP contribution in [0, 0.1) is 0 Å². The van der Waals surface area contributed by atoms with Gasteiger partial charge in [-0.25, -0.2) is 0 Å². The molecule has 0 bridgehead atoms. The minimum absolute atomic E-state index is 1.09. The summed E-state index contributed by atoms with van der Waals surface area (Å²) in [5.41, 5.74) is 42.1. The molecule has 0 fully saturated rings. The van der Waals surface area contributed by atoms with E-state index in [2.05, 4.69) is 464 Å². The van der Waals surface area contributed by atoms with E-state index in [0.717, 1.165) is 89.4 Å². The predicted octanol–water partition coefficient (Wildman–Crippen LogP) is 31.9. The molecule has 0 aliphatic heterocycles. The van der Waals surface area contributed by atoms with Crippen LogP contribution in [0.2, 0.25) is 0 Å². The Balaban J connectivity index is 0.595. The van der Waals surface area contributed by atoms with Gasteiger partial charge >= 0.3 is 0 Å². The van der Waals surface area contributed by atoms with Crippen molar-refractivity contribution >= 4 is 131 Å². The monoisotopic (exact) mass is 1600 g/mol. The summed E-state index contributed by atoms with van der Waals surface area (Å²) in [5, 5.41) is 14.6. The maximum Gasteiger partial charge on any atom is 0.0547 e. The highest BCUT2D eigenvalue weighted by molar-refractivity contribution is 6.20. The molecule has 2 aliphatic rings.